The maximum absolute atomic E-state index is 11.5. The zero-order valence-electron chi connectivity index (χ0n) is 17.9. The zero-order valence-corrected chi connectivity index (χ0v) is 19.5. The summed E-state index contributed by atoms with van der Waals surface area (Å²) in [5, 5.41) is 5.99. The molecular formula is C25H29BrN2O3. The molecular weight excluding hydrogens is 456 g/mol. The van der Waals surface area contributed by atoms with Crippen molar-refractivity contribution in [2.45, 2.75) is 51.6 Å². The van der Waals surface area contributed by atoms with E-state index < -0.39 is 0 Å². The first-order valence-electron chi connectivity index (χ1n) is 10.8. The lowest BCUT2D eigenvalue weighted by Gasteiger charge is -2.14. The van der Waals surface area contributed by atoms with Crippen molar-refractivity contribution >= 4 is 34.0 Å². The van der Waals surface area contributed by atoms with Crippen molar-refractivity contribution in [3.8, 4) is 0 Å². The Morgan fingerprint density at radius 1 is 0.806 bits per heavy atom. The van der Waals surface area contributed by atoms with Crippen molar-refractivity contribution in [3.63, 3.8) is 0 Å². The van der Waals surface area contributed by atoms with Crippen LogP contribution in [-0.2, 0) is 9.59 Å². The minimum Gasteiger partial charge on any atom is -0.349 e. The van der Waals surface area contributed by atoms with Gasteiger partial charge in [-0.15, -0.1) is 0 Å². The maximum atomic E-state index is 11.5. The van der Waals surface area contributed by atoms with Gasteiger partial charge < -0.3 is 10.6 Å². The van der Waals surface area contributed by atoms with Crippen LogP contribution in [0.15, 0.2) is 53.0 Å². The number of hydrogen-bond donors (Lipinski definition) is 2. The van der Waals surface area contributed by atoms with Crippen LogP contribution < -0.4 is 10.6 Å². The highest BCUT2D eigenvalue weighted by atomic mass is 79.9. The van der Waals surface area contributed by atoms with Gasteiger partial charge in [-0.3, -0.25) is 14.4 Å². The second-order valence-electron chi connectivity index (χ2n) is 8.35. The summed E-state index contributed by atoms with van der Waals surface area (Å²) < 4.78 is 1.06. The third-order valence-corrected chi connectivity index (χ3v) is 6.09. The average Bonchev–Trinajstić information content (AvgIpc) is 3.67. The number of benzene rings is 2. The topological polar surface area (TPSA) is 75.3 Å². The van der Waals surface area contributed by atoms with E-state index in [0.29, 0.717) is 5.56 Å². The highest BCUT2D eigenvalue weighted by Crippen LogP contribution is 2.30. The predicted octanol–water partition coefficient (Wildman–Crippen LogP) is 5.12. The van der Waals surface area contributed by atoms with Gasteiger partial charge in [0, 0.05) is 21.9 Å². The number of carbonyl (C=O) groups is 3. The summed E-state index contributed by atoms with van der Waals surface area (Å²) in [5.74, 6) is 0.858. The van der Waals surface area contributed by atoms with E-state index in [1.54, 1.807) is 12.1 Å². The van der Waals surface area contributed by atoms with Gasteiger partial charge in [-0.25, -0.2) is 0 Å². The van der Waals surface area contributed by atoms with Gasteiger partial charge in [-0.05, 0) is 62.8 Å². The molecule has 0 radical (unpaired) electrons. The Morgan fingerprint density at radius 3 is 1.55 bits per heavy atom. The van der Waals surface area contributed by atoms with Crippen LogP contribution in [0, 0.1) is 11.8 Å². The van der Waals surface area contributed by atoms with E-state index >= 15 is 0 Å². The van der Waals surface area contributed by atoms with Crippen LogP contribution in [0.5, 0.6) is 0 Å². The van der Waals surface area contributed by atoms with Gasteiger partial charge in [-0.2, -0.15) is 0 Å². The van der Waals surface area contributed by atoms with Crippen LogP contribution in [0.2, 0.25) is 0 Å². The Kier molecular flexibility index (Phi) is 8.02. The third kappa shape index (κ3) is 7.31. The Bertz CT molecular complexity index is 903. The monoisotopic (exact) mass is 484 g/mol. The maximum Gasteiger partial charge on any atom is 0.223 e. The van der Waals surface area contributed by atoms with E-state index in [1.807, 2.05) is 50.2 Å². The van der Waals surface area contributed by atoms with Crippen molar-refractivity contribution in [1.29, 1.82) is 0 Å². The first kappa shape index (κ1) is 23.2. The van der Waals surface area contributed by atoms with E-state index in [4.69, 9.17) is 0 Å². The fourth-order valence-corrected chi connectivity index (χ4v) is 3.40. The van der Waals surface area contributed by atoms with Crippen LogP contribution in [-0.4, -0.2) is 18.1 Å². The van der Waals surface area contributed by atoms with Crippen molar-refractivity contribution in [3.05, 3.63) is 69.7 Å². The third-order valence-electron chi connectivity index (χ3n) is 5.56. The van der Waals surface area contributed by atoms with Gasteiger partial charge in [0.15, 0.2) is 0 Å². The number of rotatable bonds is 7. The first-order valence-corrected chi connectivity index (χ1v) is 11.6. The Balaban J connectivity index is 0.000000176. The van der Waals surface area contributed by atoms with Crippen LogP contribution in [0.4, 0.5) is 0 Å². The lowest BCUT2D eigenvalue weighted by atomic mass is 10.1. The molecule has 0 unspecified atom stereocenters. The summed E-state index contributed by atoms with van der Waals surface area (Å²) in [6.07, 6.45) is 4.96. The van der Waals surface area contributed by atoms with E-state index in [9.17, 15) is 14.4 Å². The normalized spacial score (nSPS) is 16.9. The molecule has 2 aliphatic rings. The molecule has 4 rings (SSSR count). The van der Waals surface area contributed by atoms with Crippen molar-refractivity contribution in [2.75, 3.05) is 0 Å². The molecule has 6 heteroatoms. The molecule has 0 bridgehead atoms. The minimum absolute atomic E-state index is 0.00815. The average molecular weight is 485 g/mol. The van der Waals surface area contributed by atoms with E-state index in [2.05, 4.69) is 26.6 Å². The number of hydrogen-bond acceptors (Lipinski definition) is 3. The van der Waals surface area contributed by atoms with Crippen LogP contribution in [0.1, 0.15) is 73.1 Å². The molecule has 2 N–H and O–H groups in total. The molecule has 0 saturated heterocycles. The van der Waals surface area contributed by atoms with Gasteiger partial charge in [0.05, 0.1) is 12.1 Å². The smallest absolute Gasteiger partial charge is 0.223 e. The number of carbonyl (C=O) groups excluding carboxylic acids is 3. The summed E-state index contributed by atoms with van der Waals surface area (Å²) >= 11 is 3.39. The number of aldehydes is 1. The summed E-state index contributed by atoms with van der Waals surface area (Å²) in [7, 11) is 0. The molecule has 2 aliphatic carbocycles. The highest BCUT2D eigenvalue weighted by Gasteiger charge is 2.31. The predicted molar refractivity (Wildman–Crippen MR) is 125 cm³/mol. The second-order valence-corrected chi connectivity index (χ2v) is 9.26. The summed E-state index contributed by atoms with van der Waals surface area (Å²) in [6.45, 7) is 3.97. The molecule has 0 aromatic heterocycles. The SMILES string of the molecule is C[C@H](NC(=O)C1CC1)c1ccc(Br)cc1.C[C@H](NC(=O)C1CC1)c1ccc(C=O)cc1. The second kappa shape index (κ2) is 10.7. The molecule has 2 amide bonds. The standard InChI is InChI=1S/C13H15NO2.C12H14BrNO/c1-9(14-13(16)12-6-7-12)11-4-2-10(8-15)3-5-11;1-8(14-12(15)10-2-3-10)9-4-6-11(13)7-5-9/h2-5,8-9,12H,6-7H2,1H3,(H,14,16);4-8,10H,2-3H2,1H3,(H,14,15)/t9-;8-/m00/s1. The molecule has 2 aromatic rings. The number of halogens is 1. The van der Waals surface area contributed by atoms with Gasteiger partial charge in [0.25, 0.3) is 0 Å². The van der Waals surface area contributed by atoms with E-state index in [-0.39, 0.29) is 35.7 Å². The van der Waals surface area contributed by atoms with Gasteiger partial charge in [-0.1, -0.05) is 52.3 Å². The summed E-state index contributed by atoms with van der Waals surface area (Å²) in [5.41, 5.74) is 2.83. The molecule has 2 aromatic carbocycles. The fraction of sp³-hybridized carbons (Fsp3) is 0.400. The zero-order chi connectivity index (χ0) is 22.4. The van der Waals surface area contributed by atoms with Crippen molar-refractivity contribution in [2.24, 2.45) is 11.8 Å². The molecule has 0 spiro atoms. The van der Waals surface area contributed by atoms with Crippen molar-refractivity contribution < 1.29 is 14.4 Å². The Hall–Kier alpha value is -2.47. The highest BCUT2D eigenvalue weighted by molar-refractivity contribution is 9.10. The van der Waals surface area contributed by atoms with Crippen LogP contribution in [0.25, 0.3) is 0 Å². The Morgan fingerprint density at radius 2 is 1.19 bits per heavy atom. The van der Waals surface area contributed by atoms with Gasteiger partial charge in [0.2, 0.25) is 11.8 Å². The molecule has 0 heterocycles. The van der Waals surface area contributed by atoms with E-state index in [1.165, 1.54) is 0 Å². The molecule has 2 saturated carbocycles. The number of amides is 2. The molecule has 164 valence electrons. The summed E-state index contributed by atoms with van der Waals surface area (Å²) in [4.78, 5) is 33.6. The van der Waals surface area contributed by atoms with Gasteiger partial charge in [0.1, 0.15) is 6.29 Å². The van der Waals surface area contributed by atoms with Crippen molar-refractivity contribution in [1.82, 2.24) is 10.6 Å². The van der Waals surface area contributed by atoms with Gasteiger partial charge >= 0.3 is 0 Å². The minimum atomic E-state index is 0.00815. The first-order chi connectivity index (χ1) is 14.9. The lowest BCUT2D eigenvalue weighted by Crippen LogP contribution is -2.27. The largest absolute Gasteiger partial charge is 0.349 e. The van der Waals surface area contributed by atoms with E-state index in [0.717, 1.165) is 47.6 Å². The molecule has 2 atom stereocenters. The number of nitrogens with one attached hydrogen (secondary N) is 2. The van der Waals surface area contributed by atoms with Crippen LogP contribution in [0.3, 0.4) is 0 Å². The molecule has 0 aliphatic heterocycles. The fourth-order valence-electron chi connectivity index (χ4n) is 3.13. The molecule has 2 fully saturated rings. The quantitative estimate of drug-likeness (QED) is 0.535. The molecule has 5 nitrogen and oxygen atoms in total. The Labute approximate surface area is 192 Å². The molecule has 31 heavy (non-hydrogen) atoms. The van der Waals surface area contributed by atoms with Crippen LogP contribution >= 0.6 is 15.9 Å². The lowest BCUT2D eigenvalue weighted by molar-refractivity contribution is -0.123. The summed E-state index contributed by atoms with van der Waals surface area (Å²) in [6, 6.07) is 15.4.